The van der Waals surface area contributed by atoms with Gasteiger partial charge in [0.15, 0.2) is 66.1 Å². The first-order valence-corrected chi connectivity index (χ1v) is 34.4. The molecule has 2 aliphatic rings. The average molecular weight is 1450 g/mol. The molecule has 0 spiro atoms. The van der Waals surface area contributed by atoms with Gasteiger partial charge in [-0.05, 0) is 43.5 Å². The molecule has 0 saturated carbocycles. The number of esters is 8. The van der Waals surface area contributed by atoms with Crippen molar-refractivity contribution in [3.05, 3.63) is 41.7 Å². The van der Waals surface area contributed by atoms with E-state index in [1.807, 2.05) is 13.8 Å². The lowest BCUT2D eigenvalue weighted by molar-refractivity contribution is -0.257. The van der Waals surface area contributed by atoms with Crippen molar-refractivity contribution in [3.8, 4) is 0 Å². The molecule has 1 aromatic carbocycles. The molecule has 4 heterocycles. The smallest absolute Gasteiger partial charge is 0.303 e. The Morgan fingerprint density at radius 2 is 0.903 bits per heavy atom. The number of ether oxygens (including phenoxy) is 10. The van der Waals surface area contributed by atoms with Gasteiger partial charge < -0.3 is 90.3 Å². The molecular formula is C68H98N12O23. The molecule has 568 valence electrons. The zero-order valence-electron chi connectivity index (χ0n) is 60.1. The Kier molecular flexibility index (Phi) is 34.0. The first-order valence-electron chi connectivity index (χ1n) is 34.4. The van der Waals surface area contributed by atoms with Crippen LogP contribution in [0.3, 0.4) is 0 Å². The van der Waals surface area contributed by atoms with Crippen LogP contribution in [0.1, 0.15) is 188 Å². The molecule has 13 atom stereocenters. The molecule has 9 N–H and O–H groups in total. The van der Waals surface area contributed by atoms with Gasteiger partial charge >= 0.3 is 47.8 Å². The Morgan fingerprint density at radius 1 is 0.485 bits per heavy atom. The Labute approximate surface area is 596 Å². The monoisotopic (exact) mass is 1450 g/mol. The number of hydrogen-bond acceptors (Lipinski definition) is 30. The molecule has 0 bridgehead atoms. The van der Waals surface area contributed by atoms with E-state index < -0.39 is 183 Å². The third-order valence-electron chi connectivity index (χ3n) is 16.3. The summed E-state index contributed by atoms with van der Waals surface area (Å²) in [6.07, 6.45) is -6.94. The van der Waals surface area contributed by atoms with E-state index >= 15 is 4.79 Å². The van der Waals surface area contributed by atoms with Gasteiger partial charge in [-0.25, -0.2) is 9.97 Å². The Bertz CT molecular complexity index is 3440. The van der Waals surface area contributed by atoms with Gasteiger partial charge in [-0.2, -0.15) is 9.97 Å². The van der Waals surface area contributed by atoms with Gasteiger partial charge in [-0.15, -0.1) is 0 Å². The fourth-order valence-corrected chi connectivity index (χ4v) is 11.6. The molecule has 2 aliphatic heterocycles. The van der Waals surface area contributed by atoms with Crippen molar-refractivity contribution < 1.29 is 110 Å². The van der Waals surface area contributed by atoms with Crippen LogP contribution in [0.15, 0.2) is 30.5 Å². The highest BCUT2D eigenvalue weighted by atomic mass is 16.7. The topological polar surface area (TPSA) is 481 Å². The van der Waals surface area contributed by atoms with Crippen molar-refractivity contribution >= 4 is 106 Å². The summed E-state index contributed by atoms with van der Waals surface area (Å²) in [5.74, 6) is -11.6. The number of nitrogens with two attached hydrogens (primary N) is 2. The first kappa shape index (κ1) is 83.7. The predicted molar refractivity (Wildman–Crippen MR) is 363 cm³/mol. The molecule has 5 rings (SSSR count). The van der Waals surface area contributed by atoms with Crippen molar-refractivity contribution in [1.82, 2.24) is 46.5 Å². The van der Waals surface area contributed by atoms with Crippen molar-refractivity contribution in [1.29, 1.82) is 0 Å². The molecule has 35 heteroatoms. The van der Waals surface area contributed by atoms with Crippen LogP contribution in [0, 0.1) is 0 Å². The van der Waals surface area contributed by atoms with Crippen LogP contribution in [-0.2, 0) is 111 Å². The number of amides is 5. The highest BCUT2D eigenvalue weighted by Crippen LogP contribution is 2.31. The number of nitrogen functional groups attached to an aromatic ring is 2. The largest absolute Gasteiger partial charge is 0.463 e. The van der Waals surface area contributed by atoms with Gasteiger partial charge in [0.25, 0.3) is 5.91 Å². The van der Waals surface area contributed by atoms with Crippen LogP contribution < -0.4 is 43.0 Å². The Balaban J connectivity index is 1.53. The van der Waals surface area contributed by atoms with E-state index in [-0.39, 0.29) is 47.9 Å². The molecule has 0 radical (unpaired) electrons. The second kappa shape index (κ2) is 41.9. The van der Waals surface area contributed by atoms with E-state index in [9.17, 15) is 57.5 Å². The molecule has 2 fully saturated rings. The summed E-state index contributed by atoms with van der Waals surface area (Å²) in [7, 11) is 1.75. The molecule has 3 aromatic rings. The van der Waals surface area contributed by atoms with E-state index in [1.165, 1.54) is 18.3 Å². The molecule has 5 amide bonds. The third kappa shape index (κ3) is 27.7. The number of nitrogens with one attached hydrogen (secondary N) is 5. The van der Waals surface area contributed by atoms with Gasteiger partial charge in [-0.1, -0.05) is 90.9 Å². The second-order valence-corrected chi connectivity index (χ2v) is 25.0. The minimum Gasteiger partial charge on any atom is -0.463 e. The summed E-state index contributed by atoms with van der Waals surface area (Å²) in [6.45, 7) is 11.4. The van der Waals surface area contributed by atoms with Crippen LogP contribution in [-0.4, -0.2) is 197 Å². The minimum atomic E-state index is -1.75. The number of aromatic nitrogens is 4. The summed E-state index contributed by atoms with van der Waals surface area (Å²) in [4.78, 5) is 193. The van der Waals surface area contributed by atoms with Crippen LogP contribution in [0.5, 0.6) is 0 Å². The lowest BCUT2D eigenvalue weighted by atomic mass is 9.96. The summed E-state index contributed by atoms with van der Waals surface area (Å²) >= 11 is 0. The number of nitrogens with zero attached hydrogens (tertiary/aromatic N) is 5. The third-order valence-corrected chi connectivity index (χ3v) is 16.3. The van der Waals surface area contributed by atoms with Crippen LogP contribution in [0.25, 0.3) is 11.2 Å². The van der Waals surface area contributed by atoms with Crippen molar-refractivity contribution in [2.75, 3.05) is 36.6 Å². The van der Waals surface area contributed by atoms with Crippen LogP contribution in [0.4, 0.5) is 17.5 Å². The number of carbonyl (C=O) groups is 13. The van der Waals surface area contributed by atoms with Crippen molar-refractivity contribution in [2.24, 2.45) is 0 Å². The number of unbranched alkanes of at least 4 members (excludes halogenated alkanes) is 10. The predicted octanol–water partition coefficient (Wildman–Crippen LogP) is 2.97. The zero-order valence-corrected chi connectivity index (χ0v) is 60.1. The Hall–Kier alpha value is -9.93. The van der Waals surface area contributed by atoms with Gasteiger partial charge in [-0.3, -0.25) is 62.3 Å². The number of benzene rings is 1. The van der Waals surface area contributed by atoms with E-state index in [2.05, 4.69) is 46.5 Å². The molecule has 2 saturated heterocycles. The van der Waals surface area contributed by atoms with Gasteiger partial charge in [0.2, 0.25) is 29.6 Å². The van der Waals surface area contributed by atoms with Crippen LogP contribution in [0.2, 0.25) is 0 Å². The molecule has 103 heavy (non-hydrogen) atoms. The van der Waals surface area contributed by atoms with Crippen LogP contribution >= 0.6 is 0 Å². The Morgan fingerprint density at radius 3 is 1.35 bits per heavy atom. The van der Waals surface area contributed by atoms with Gasteiger partial charge in [0.1, 0.15) is 43.5 Å². The van der Waals surface area contributed by atoms with Gasteiger partial charge in [0, 0.05) is 80.1 Å². The van der Waals surface area contributed by atoms with E-state index in [4.69, 9.17) is 58.8 Å². The fraction of sp³-hybridized carbons (Fsp3) is 0.632. The maximum Gasteiger partial charge on any atom is 0.303 e. The lowest BCUT2D eigenvalue weighted by Crippen LogP contribution is -2.67. The second-order valence-electron chi connectivity index (χ2n) is 25.0. The minimum absolute atomic E-state index is 0.00437. The van der Waals surface area contributed by atoms with Crippen molar-refractivity contribution in [2.45, 2.75) is 258 Å². The van der Waals surface area contributed by atoms with E-state index in [0.717, 1.165) is 107 Å². The maximum absolute atomic E-state index is 15.1. The number of fused-ring (bicyclic) bond motifs is 1. The normalized spacial score (nSPS) is 20.7. The lowest BCUT2D eigenvalue weighted by Gasteiger charge is -2.44. The summed E-state index contributed by atoms with van der Waals surface area (Å²) in [6, 6.07) is 1.65. The summed E-state index contributed by atoms with van der Waals surface area (Å²) < 4.78 is 56.0. The average Bonchev–Trinajstić information content (AvgIpc) is 0.788. The number of rotatable bonds is 39. The SMILES string of the molecule is CCCCCCCCC(NC(=O)CC[C@H](NC(=O)c1ccc(N(C)Cc2cnc3nc(N)nc(N)c3n2)cc1)C(=O)NC(CCCCCCCC)C(=O)NC1O[C@H](COC(C)=O)[C@@H](OC(C)=O)[C@H](OC(C)=O)[C@H]1OC(C)=O)C(=O)NC1O[C@H](COC(C)=O)[C@@H](OC(C)=O)[C@H](OC(C)=O)[C@H]1OC(C)=O. The maximum atomic E-state index is 15.1. The number of carbonyl (C=O) groups excluding carboxylic acids is 13. The standard InChI is InChI=1S/C68H98N12O23/c1-12-14-16-18-20-22-24-47(64(92)78-66-58(100-42(9)87)56(98-40(7)85)54(96-38(5)83)50(102-66)34-94-36(3)81)73-52(89)31-30-49(74-62(90)44-26-28-46(29-27-44)80(11)33-45-32-71-61-53(72-45)60(69)76-68(70)77-61)63(91)75-48(25-23-21-19-17-15-13-2)65(93)79-67-59(101-43(10)88)57(99-41(8)86)55(97-39(6)84)51(103-67)35-95-37(4)82/h26-29,32,47-51,54-59,66-67H,12-25,30-31,33-35H2,1-11H3,(H,73,89)(H,74,90)(H,75,91)(H,78,92)(H,79,93)(H4,69,70,71,76,77)/t47?,48?,49-,50+,51+,54+,55+,56-,57-,58+,59+,66?,67?/m0/s1. The molecule has 4 unspecified atom stereocenters. The quantitative estimate of drug-likeness (QED) is 0.0245. The highest BCUT2D eigenvalue weighted by Gasteiger charge is 2.55. The molecule has 35 nitrogen and oxygen atoms in total. The fourth-order valence-electron chi connectivity index (χ4n) is 11.6. The summed E-state index contributed by atoms with van der Waals surface area (Å²) in [5, 5.41) is 13.4. The van der Waals surface area contributed by atoms with Crippen molar-refractivity contribution in [3.63, 3.8) is 0 Å². The first-order chi connectivity index (χ1) is 48.9. The van der Waals surface area contributed by atoms with E-state index in [0.29, 0.717) is 37.1 Å². The molecule has 2 aromatic heterocycles. The summed E-state index contributed by atoms with van der Waals surface area (Å²) in [5.41, 5.74) is 13.4. The van der Waals surface area contributed by atoms with Gasteiger partial charge in [0.05, 0.1) is 18.4 Å². The van der Waals surface area contributed by atoms with E-state index in [1.54, 1.807) is 24.1 Å². The highest BCUT2D eigenvalue weighted by molar-refractivity contribution is 5.99. The number of hydrogen-bond donors (Lipinski definition) is 7. The molecule has 0 aliphatic carbocycles. The number of anilines is 3. The molecular weight excluding hydrogens is 1350 g/mol. The zero-order chi connectivity index (χ0) is 76.0.